The topological polar surface area (TPSA) is 75.6 Å². The Hall–Kier alpha value is -3.06. The number of fused-ring (bicyclic) bond motifs is 1. The van der Waals surface area contributed by atoms with E-state index in [0.29, 0.717) is 11.8 Å². The molecule has 0 saturated heterocycles. The molecule has 6 nitrogen and oxygen atoms in total. The average Bonchev–Trinajstić information content (AvgIpc) is 3.35. The van der Waals surface area contributed by atoms with Crippen LogP contribution in [0.2, 0.25) is 0 Å². The van der Waals surface area contributed by atoms with Crippen molar-refractivity contribution in [2.75, 3.05) is 11.1 Å². The number of aromatic amines is 1. The molecule has 1 amide bonds. The van der Waals surface area contributed by atoms with E-state index in [1.54, 1.807) is 0 Å². The molecule has 30 heavy (non-hydrogen) atoms. The van der Waals surface area contributed by atoms with E-state index in [0.717, 1.165) is 51.5 Å². The summed E-state index contributed by atoms with van der Waals surface area (Å²) in [6.45, 7) is 4.11. The lowest BCUT2D eigenvalue weighted by Gasteiger charge is -2.09. The van der Waals surface area contributed by atoms with Gasteiger partial charge in [0.25, 0.3) is 0 Å². The predicted octanol–water partition coefficient (Wildman–Crippen LogP) is 5.11. The number of thioether (sulfide) groups is 1. The number of H-pyrrole nitrogens is 1. The SMILES string of the molecule is Cc1ccc(NC(=O)CSc2nnc(-c3c[nH]c4ccccc34)n2C2CC2)cc1C. The van der Waals surface area contributed by atoms with E-state index in [1.807, 2.05) is 43.5 Å². The molecule has 0 atom stereocenters. The van der Waals surface area contributed by atoms with Crippen molar-refractivity contribution in [2.24, 2.45) is 0 Å². The van der Waals surface area contributed by atoms with Crippen LogP contribution in [0.3, 0.4) is 0 Å². The molecule has 1 saturated carbocycles. The minimum absolute atomic E-state index is 0.0396. The number of amides is 1. The van der Waals surface area contributed by atoms with Gasteiger partial charge >= 0.3 is 0 Å². The molecule has 2 heterocycles. The lowest BCUT2D eigenvalue weighted by atomic mass is 10.1. The Morgan fingerprint density at radius 3 is 2.80 bits per heavy atom. The van der Waals surface area contributed by atoms with Gasteiger partial charge in [-0.25, -0.2) is 0 Å². The maximum atomic E-state index is 12.5. The first-order valence-corrected chi connectivity index (χ1v) is 11.1. The van der Waals surface area contributed by atoms with E-state index in [2.05, 4.69) is 44.1 Å². The molecule has 0 radical (unpaired) electrons. The van der Waals surface area contributed by atoms with Gasteiger partial charge in [-0.2, -0.15) is 0 Å². The smallest absolute Gasteiger partial charge is 0.234 e. The number of nitrogens with one attached hydrogen (secondary N) is 2. The highest BCUT2D eigenvalue weighted by Gasteiger charge is 2.31. The summed E-state index contributed by atoms with van der Waals surface area (Å²) in [7, 11) is 0. The quantitative estimate of drug-likeness (QED) is 0.428. The van der Waals surface area contributed by atoms with Gasteiger partial charge in [0.15, 0.2) is 11.0 Å². The number of aryl methyl sites for hydroxylation is 2. The van der Waals surface area contributed by atoms with Gasteiger partial charge in [0.2, 0.25) is 5.91 Å². The summed E-state index contributed by atoms with van der Waals surface area (Å²) >= 11 is 1.44. The van der Waals surface area contributed by atoms with Crippen molar-refractivity contribution in [3.63, 3.8) is 0 Å². The van der Waals surface area contributed by atoms with Crippen molar-refractivity contribution in [1.82, 2.24) is 19.7 Å². The lowest BCUT2D eigenvalue weighted by molar-refractivity contribution is -0.113. The van der Waals surface area contributed by atoms with Crippen LogP contribution >= 0.6 is 11.8 Å². The van der Waals surface area contributed by atoms with Crippen LogP contribution < -0.4 is 5.32 Å². The minimum atomic E-state index is -0.0396. The van der Waals surface area contributed by atoms with E-state index in [4.69, 9.17) is 0 Å². The number of carbonyl (C=O) groups excluding carboxylic acids is 1. The third-order valence-electron chi connectivity index (χ3n) is 5.53. The molecule has 1 aliphatic carbocycles. The Morgan fingerprint density at radius 1 is 1.17 bits per heavy atom. The molecule has 0 aliphatic heterocycles. The molecule has 7 heteroatoms. The second-order valence-corrected chi connectivity index (χ2v) is 8.73. The fraction of sp³-hybridized carbons (Fsp3) is 0.261. The summed E-state index contributed by atoms with van der Waals surface area (Å²) < 4.78 is 2.20. The molecule has 152 valence electrons. The number of hydrogen-bond donors (Lipinski definition) is 2. The van der Waals surface area contributed by atoms with Crippen LogP contribution in [0, 0.1) is 13.8 Å². The predicted molar refractivity (Wildman–Crippen MR) is 121 cm³/mol. The number of benzene rings is 2. The summed E-state index contributed by atoms with van der Waals surface area (Å²) in [5.41, 5.74) is 5.34. The number of para-hydroxylation sites is 1. The molecule has 2 N–H and O–H groups in total. The molecule has 5 rings (SSSR count). The third-order valence-corrected chi connectivity index (χ3v) is 6.47. The van der Waals surface area contributed by atoms with Crippen LogP contribution in [0.25, 0.3) is 22.3 Å². The van der Waals surface area contributed by atoms with Crippen LogP contribution in [0.15, 0.2) is 53.8 Å². The van der Waals surface area contributed by atoms with Crippen LogP contribution in [0.4, 0.5) is 5.69 Å². The van der Waals surface area contributed by atoms with E-state index in [1.165, 1.54) is 17.3 Å². The highest BCUT2D eigenvalue weighted by molar-refractivity contribution is 7.99. The van der Waals surface area contributed by atoms with Gasteiger partial charge in [0.1, 0.15) is 0 Å². The number of nitrogens with zero attached hydrogens (tertiary/aromatic N) is 3. The highest BCUT2D eigenvalue weighted by atomic mass is 32.2. The van der Waals surface area contributed by atoms with Gasteiger partial charge in [0.05, 0.1) is 5.75 Å². The fourth-order valence-corrected chi connectivity index (χ4v) is 4.43. The number of carbonyl (C=O) groups is 1. The summed E-state index contributed by atoms with van der Waals surface area (Å²) in [6, 6.07) is 14.6. The third kappa shape index (κ3) is 3.61. The van der Waals surface area contributed by atoms with Crippen LogP contribution in [0.1, 0.15) is 30.0 Å². The van der Waals surface area contributed by atoms with Crippen molar-refractivity contribution >= 4 is 34.3 Å². The van der Waals surface area contributed by atoms with E-state index in [9.17, 15) is 4.79 Å². The maximum Gasteiger partial charge on any atom is 0.234 e. The molecule has 1 aliphatic rings. The molecule has 1 fully saturated rings. The summed E-state index contributed by atoms with van der Waals surface area (Å²) in [5, 5.41) is 13.8. The van der Waals surface area contributed by atoms with Gasteiger partial charge in [-0.15, -0.1) is 10.2 Å². The highest BCUT2D eigenvalue weighted by Crippen LogP contribution is 2.42. The Balaban J connectivity index is 1.35. The number of anilines is 1. The van der Waals surface area contributed by atoms with Crippen molar-refractivity contribution in [2.45, 2.75) is 37.9 Å². The first kappa shape index (κ1) is 18.9. The minimum Gasteiger partial charge on any atom is -0.360 e. The summed E-state index contributed by atoms with van der Waals surface area (Å²) in [4.78, 5) is 15.8. The van der Waals surface area contributed by atoms with Crippen molar-refractivity contribution in [3.05, 3.63) is 59.8 Å². The van der Waals surface area contributed by atoms with Crippen LogP contribution in [0.5, 0.6) is 0 Å². The molecule has 4 aromatic rings. The molecule has 0 spiro atoms. The normalized spacial score (nSPS) is 13.7. The zero-order chi connectivity index (χ0) is 20.7. The van der Waals surface area contributed by atoms with Crippen molar-refractivity contribution in [3.8, 4) is 11.4 Å². The summed E-state index contributed by atoms with van der Waals surface area (Å²) in [6.07, 6.45) is 4.24. The monoisotopic (exact) mass is 417 g/mol. The molecule has 2 aromatic carbocycles. The van der Waals surface area contributed by atoms with Gasteiger partial charge in [-0.3, -0.25) is 9.36 Å². The van der Waals surface area contributed by atoms with E-state index >= 15 is 0 Å². The first-order chi connectivity index (χ1) is 14.6. The average molecular weight is 418 g/mol. The van der Waals surface area contributed by atoms with Gasteiger partial charge < -0.3 is 10.3 Å². The second-order valence-electron chi connectivity index (χ2n) is 7.79. The standard InChI is InChI=1S/C23H23N5OS/c1-14-7-8-16(11-15(14)2)25-21(29)13-30-23-27-26-22(28(23)17-9-10-17)19-12-24-20-6-4-3-5-18(19)20/h3-8,11-12,17,24H,9-10,13H2,1-2H3,(H,25,29). The zero-order valence-electron chi connectivity index (χ0n) is 17.0. The van der Waals surface area contributed by atoms with Gasteiger partial charge in [-0.05, 0) is 56.0 Å². The molecular weight excluding hydrogens is 394 g/mol. The fourth-order valence-electron chi connectivity index (χ4n) is 3.62. The Morgan fingerprint density at radius 2 is 2.00 bits per heavy atom. The van der Waals surface area contributed by atoms with Crippen molar-refractivity contribution < 1.29 is 4.79 Å². The van der Waals surface area contributed by atoms with E-state index in [-0.39, 0.29) is 5.91 Å². The van der Waals surface area contributed by atoms with Gasteiger partial charge in [0, 0.05) is 34.4 Å². The lowest BCUT2D eigenvalue weighted by Crippen LogP contribution is -2.14. The Labute approximate surface area is 179 Å². The Bertz CT molecular complexity index is 1240. The van der Waals surface area contributed by atoms with Crippen LogP contribution in [-0.2, 0) is 4.79 Å². The van der Waals surface area contributed by atoms with E-state index < -0.39 is 0 Å². The molecule has 0 bridgehead atoms. The zero-order valence-corrected chi connectivity index (χ0v) is 17.8. The van der Waals surface area contributed by atoms with Gasteiger partial charge in [-0.1, -0.05) is 36.0 Å². The number of hydrogen-bond acceptors (Lipinski definition) is 4. The Kier molecular flexibility index (Phi) is 4.83. The number of rotatable bonds is 6. The molecule has 2 aromatic heterocycles. The second kappa shape index (κ2) is 7.65. The number of aromatic nitrogens is 4. The first-order valence-electron chi connectivity index (χ1n) is 10.1. The summed E-state index contributed by atoms with van der Waals surface area (Å²) in [5.74, 6) is 1.13. The van der Waals surface area contributed by atoms with Crippen LogP contribution in [-0.4, -0.2) is 31.4 Å². The molecular formula is C23H23N5OS. The largest absolute Gasteiger partial charge is 0.360 e. The molecule has 0 unspecified atom stereocenters. The maximum absolute atomic E-state index is 12.5. The van der Waals surface area contributed by atoms with Crippen molar-refractivity contribution in [1.29, 1.82) is 0 Å².